The lowest BCUT2D eigenvalue weighted by molar-refractivity contribution is 0.129. The van der Waals surface area contributed by atoms with Gasteiger partial charge in [0, 0.05) is 25.2 Å². The highest BCUT2D eigenvalue weighted by atomic mass is 19.1. The fourth-order valence-electron chi connectivity index (χ4n) is 1.84. The van der Waals surface area contributed by atoms with E-state index in [0.717, 1.165) is 6.54 Å². The first-order valence-corrected chi connectivity index (χ1v) is 4.66. The molecule has 1 saturated heterocycles. The van der Waals surface area contributed by atoms with Crippen molar-refractivity contribution in [3.8, 4) is 0 Å². The van der Waals surface area contributed by atoms with Crippen molar-refractivity contribution in [2.45, 2.75) is 38.5 Å². The summed E-state index contributed by atoms with van der Waals surface area (Å²) in [7, 11) is 1.97. The molecule has 1 fully saturated rings. The van der Waals surface area contributed by atoms with E-state index in [9.17, 15) is 4.39 Å². The number of likely N-dealkylation sites (tertiary alicyclic amines) is 1. The maximum absolute atomic E-state index is 13.1. The van der Waals surface area contributed by atoms with E-state index in [1.165, 1.54) is 0 Å². The van der Waals surface area contributed by atoms with Gasteiger partial charge in [-0.15, -0.1) is 0 Å². The average Bonchev–Trinajstić information content (AvgIpc) is 1.81. The molecule has 1 N–H and O–H groups in total. The van der Waals surface area contributed by atoms with Gasteiger partial charge in [0.2, 0.25) is 0 Å². The van der Waals surface area contributed by atoms with E-state index in [0.29, 0.717) is 25.0 Å². The molecule has 2 atom stereocenters. The molecular weight excluding hydrogens is 155 g/mol. The minimum Gasteiger partial charge on any atom is -0.310 e. The zero-order valence-corrected chi connectivity index (χ0v) is 8.18. The minimum absolute atomic E-state index is 0.332. The van der Waals surface area contributed by atoms with Crippen molar-refractivity contribution in [1.82, 2.24) is 10.2 Å². The summed E-state index contributed by atoms with van der Waals surface area (Å²) in [6.45, 7) is 5.76. The van der Waals surface area contributed by atoms with Crippen LogP contribution in [0.4, 0.5) is 4.39 Å². The molecule has 0 bridgehead atoms. The van der Waals surface area contributed by atoms with Crippen molar-refractivity contribution in [1.29, 1.82) is 0 Å². The highest BCUT2D eigenvalue weighted by molar-refractivity contribution is 4.82. The lowest BCUT2D eigenvalue weighted by Gasteiger charge is -2.33. The first-order valence-electron chi connectivity index (χ1n) is 4.66. The molecule has 0 amide bonds. The number of hydrogen-bond acceptors (Lipinski definition) is 2. The SMILES string of the molecule is CC(C)NC1CC(F)CN(C)C1. The van der Waals surface area contributed by atoms with E-state index in [2.05, 4.69) is 19.2 Å². The van der Waals surface area contributed by atoms with Gasteiger partial charge >= 0.3 is 0 Å². The lowest BCUT2D eigenvalue weighted by atomic mass is 10.0. The summed E-state index contributed by atoms with van der Waals surface area (Å²) in [5.41, 5.74) is 0. The third kappa shape index (κ3) is 3.07. The van der Waals surface area contributed by atoms with E-state index in [1.54, 1.807) is 0 Å². The first-order chi connectivity index (χ1) is 5.58. The Kier molecular flexibility index (Phi) is 3.47. The van der Waals surface area contributed by atoms with Crippen molar-refractivity contribution in [2.24, 2.45) is 0 Å². The molecule has 0 aliphatic carbocycles. The van der Waals surface area contributed by atoms with Crippen molar-refractivity contribution >= 4 is 0 Å². The number of hydrogen-bond donors (Lipinski definition) is 1. The number of halogens is 1. The molecule has 1 aliphatic rings. The molecular formula is C9H19FN2. The van der Waals surface area contributed by atoms with Crippen LogP contribution in [0, 0.1) is 0 Å². The zero-order chi connectivity index (χ0) is 9.14. The van der Waals surface area contributed by atoms with Gasteiger partial charge in [-0.25, -0.2) is 4.39 Å². The largest absolute Gasteiger partial charge is 0.310 e. The number of piperidine rings is 1. The van der Waals surface area contributed by atoms with Crippen LogP contribution in [-0.2, 0) is 0 Å². The Morgan fingerprint density at radius 2 is 2.08 bits per heavy atom. The average molecular weight is 174 g/mol. The van der Waals surface area contributed by atoms with E-state index in [4.69, 9.17) is 0 Å². The smallest absolute Gasteiger partial charge is 0.114 e. The molecule has 0 spiro atoms. The molecule has 2 unspecified atom stereocenters. The van der Waals surface area contributed by atoms with Gasteiger partial charge in [0.25, 0.3) is 0 Å². The number of rotatable bonds is 2. The topological polar surface area (TPSA) is 15.3 Å². The van der Waals surface area contributed by atoms with Crippen molar-refractivity contribution in [3.05, 3.63) is 0 Å². The number of nitrogens with one attached hydrogen (secondary N) is 1. The summed E-state index contributed by atoms with van der Waals surface area (Å²) >= 11 is 0. The van der Waals surface area contributed by atoms with Crippen LogP contribution in [0.25, 0.3) is 0 Å². The normalized spacial score (nSPS) is 32.8. The summed E-state index contributed by atoms with van der Waals surface area (Å²) in [4.78, 5) is 2.05. The van der Waals surface area contributed by atoms with Crippen LogP contribution in [0.2, 0.25) is 0 Å². The standard InChI is InChI=1S/C9H19FN2/c1-7(2)11-9-4-8(10)5-12(3)6-9/h7-9,11H,4-6H2,1-3H3. The highest BCUT2D eigenvalue weighted by Crippen LogP contribution is 2.12. The van der Waals surface area contributed by atoms with Crippen LogP contribution in [-0.4, -0.2) is 43.3 Å². The Bertz CT molecular complexity index is 126. The Hall–Kier alpha value is -0.150. The van der Waals surface area contributed by atoms with Gasteiger partial charge in [0.05, 0.1) is 0 Å². The fraction of sp³-hybridized carbons (Fsp3) is 1.00. The van der Waals surface area contributed by atoms with E-state index < -0.39 is 6.17 Å². The Labute approximate surface area is 74.1 Å². The Balaban J connectivity index is 2.34. The van der Waals surface area contributed by atoms with Crippen molar-refractivity contribution in [3.63, 3.8) is 0 Å². The Morgan fingerprint density at radius 3 is 2.58 bits per heavy atom. The fourth-order valence-corrected chi connectivity index (χ4v) is 1.84. The predicted octanol–water partition coefficient (Wildman–Crippen LogP) is 1.03. The summed E-state index contributed by atoms with van der Waals surface area (Å²) < 4.78 is 13.1. The number of nitrogens with zero attached hydrogens (tertiary/aromatic N) is 1. The Morgan fingerprint density at radius 1 is 1.42 bits per heavy atom. The second-order valence-electron chi connectivity index (χ2n) is 4.07. The maximum Gasteiger partial charge on any atom is 0.114 e. The molecule has 72 valence electrons. The number of likely N-dealkylation sites (N-methyl/N-ethyl adjacent to an activating group) is 1. The van der Waals surface area contributed by atoms with Gasteiger partial charge in [-0.3, -0.25) is 0 Å². The van der Waals surface area contributed by atoms with E-state index in [-0.39, 0.29) is 0 Å². The van der Waals surface area contributed by atoms with Gasteiger partial charge in [-0.1, -0.05) is 13.8 Å². The van der Waals surface area contributed by atoms with Crippen LogP contribution in [0.5, 0.6) is 0 Å². The van der Waals surface area contributed by atoms with Crippen LogP contribution in [0.3, 0.4) is 0 Å². The van der Waals surface area contributed by atoms with Gasteiger partial charge < -0.3 is 10.2 Å². The van der Waals surface area contributed by atoms with Crippen LogP contribution >= 0.6 is 0 Å². The van der Waals surface area contributed by atoms with Crippen molar-refractivity contribution < 1.29 is 4.39 Å². The van der Waals surface area contributed by atoms with E-state index in [1.807, 2.05) is 11.9 Å². The molecule has 0 radical (unpaired) electrons. The number of alkyl halides is 1. The predicted molar refractivity (Wildman–Crippen MR) is 49.1 cm³/mol. The molecule has 0 aromatic carbocycles. The molecule has 1 rings (SSSR count). The second kappa shape index (κ2) is 4.19. The monoisotopic (exact) mass is 174 g/mol. The van der Waals surface area contributed by atoms with Crippen LogP contribution in [0.1, 0.15) is 20.3 Å². The molecule has 3 heteroatoms. The summed E-state index contributed by atoms with van der Waals surface area (Å²) in [6, 6.07) is 0.785. The second-order valence-corrected chi connectivity index (χ2v) is 4.07. The molecule has 1 heterocycles. The third-order valence-corrected chi connectivity index (χ3v) is 2.15. The van der Waals surface area contributed by atoms with Gasteiger partial charge in [0.1, 0.15) is 6.17 Å². The molecule has 12 heavy (non-hydrogen) atoms. The van der Waals surface area contributed by atoms with Crippen LogP contribution < -0.4 is 5.32 Å². The maximum atomic E-state index is 13.1. The summed E-state index contributed by atoms with van der Waals surface area (Å²) in [5.74, 6) is 0. The molecule has 0 aromatic rings. The lowest BCUT2D eigenvalue weighted by Crippen LogP contribution is -2.50. The zero-order valence-electron chi connectivity index (χ0n) is 8.18. The van der Waals surface area contributed by atoms with Crippen LogP contribution in [0.15, 0.2) is 0 Å². The van der Waals surface area contributed by atoms with Gasteiger partial charge in [0.15, 0.2) is 0 Å². The quantitative estimate of drug-likeness (QED) is 0.672. The van der Waals surface area contributed by atoms with E-state index >= 15 is 0 Å². The van der Waals surface area contributed by atoms with Gasteiger partial charge in [-0.2, -0.15) is 0 Å². The molecule has 1 aliphatic heterocycles. The first kappa shape index (κ1) is 9.93. The highest BCUT2D eigenvalue weighted by Gasteiger charge is 2.24. The molecule has 0 saturated carbocycles. The summed E-state index contributed by atoms with van der Waals surface area (Å²) in [6.07, 6.45) is 0.0164. The molecule has 2 nitrogen and oxygen atoms in total. The van der Waals surface area contributed by atoms with Gasteiger partial charge in [-0.05, 0) is 13.5 Å². The third-order valence-electron chi connectivity index (χ3n) is 2.15. The minimum atomic E-state index is -0.653. The van der Waals surface area contributed by atoms with Crippen molar-refractivity contribution in [2.75, 3.05) is 20.1 Å². The summed E-state index contributed by atoms with van der Waals surface area (Å²) in [5, 5.41) is 3.36. The molecule has 0 aromatic heterocycles.